The van der Waals surface area contributed by atoms with E-state index in [1.54, 1.807) is 0 Å². The Labute approximate surface area is 105 Å². The number of aliphatic hydroxyl groups excluding tert-OH is 1. The van der Waals surface area contributed by atoms with Gasteiger partial charge in [0.05, 0.1) is 6.10 Å². The van der Waals surface area contributed by atoms with Crippen molar-refractivity contribution >= 4 is 15.9 Å². The molecule has 90 valence electrons. The number of hydrogen-bond acceptors (Lipinski definition) is 3. The van der Waals surface area contributed by atoms with Gasteiger partial charge in [-0.25, -0.2) is 0 Å². The second-order valence-electron chi connectivity index (χ2n) is 4.22. The molecule has 0 fully saturated rings. The van der Waals surface area contributed by atoms with Crippen molar-refractivity contribution in [3.8, 4) is 0 Å². The van der Waals surface area contributed by atoms with Gasteiger partial charge in [0.25, 0.3) is 0 Å². The summed E-state index contributed by atoms with van der Waals surface area (Å²) < 4.78 is 0.905. The van der Waals surface area contributed by atoms with Crippen LogP contribution in [0.25, 0.3) is 0 Å². The maximum absolute atomic E-state index is 10.1. The maximum Gasteiger partial charge on any atom is 0.0952 e. The van der Waals surface area contributed by atoms with Crippen LogP contribution in [0.15, 0.2) is 28.7 Å². The first-order chi connectivity index (χ1) is 7.52. The van der Waals surface area contributed by atoms with Crippen molar-refractivity contribution in [2.75, 3.05) is 20.6 Å². The van der Waals surface area contributed by atoms with Crippen LogP contribution in [0.2, 0.25) is 0 Å². The Morgan fingerprint density at radius 2 is 2.00 bits per heavy atom. The largest absolute Gasteiger partial charge is 0.387 e. The van der Waals surface area contributed by atoms with Crippen LogP contribution >= 0.6 is 15.9 Å². The summed E-state index contributed by atoms with van der Waals surface area (Å²) in [6, 6.07) is 7.40. The van der Waals surface area contributed by atoms with Gasteiger partial charge in [-0.15, -0.1) is 0 Å². The molecular weight excluding hydrogens is 268 g/mol. The third-order valence-electron chi connectivity index (χ3n) is 2.54. The molecule has 0 aliphatic rings. The molecule has 3 N–H and O–H groups in total. The molecule has 0 bridgehead atoms. The lowest BCUT2D eigenvalue weighted by atomic mass is 10.0. The van der Waals surface area contributed by atoms with Crippen LogP contribution in [0.5, 0.6) is 0 Å². The predicted octanol–water partition coefficient (Wildman–Crippen LogP) is 1.76. The summed E-state index contributed by atoms with van der Waals surface area (Å²) in [6.07, 6.45) is 0.158. The Kier molecular flexibility index (Phi) is 5.41. The van der Waals surface area contributed by atoms with E-state index in [9.17, 15) is 5.11 Å². The minimum atomic E-state index is -0.615. The van der Waals surface area contributed by atoms with Crippen molar-refractivity contribution < 1.29 is 5.11 Å². The topological polar surface area (TPSA) is 49.5 Å². The fraction of sp³-hybridized carbons (Fsp3) is 0.500. The summed E-state index contributed by atoms with van der Waals surface area (Å²) in [6.45, 7) is 0.878. The Balaban J connectivity index is 2.63. The summed E-state index contributed by atoms with van der Waals surface area (Å²) in [7, 11) is 4.00. The van der Waals surface area contributed by atoms with Crippen LogP contribution in [0.4, 0.5) is 0 Å². The van der Waals surface area contributed by atoms with Gasteiger partial charge in [-0.05, 0) is 38.7 Å². The Hall–Kier alpha value is -0.420. The van der Waals surface area contributed by atoms with Gasteiger partial charge in [-0.3, -0.25) is 0 Å². The molecule has 0 radical (unpaired) electrons. The molecule has 4 heteroatoms. The highest BCUT2D eigenvalue weighted by molar-refractivity contribution is 9.10. The molecule has 3 nitrogen and oxygen atoms in total. The number of benzene rings is 1. The first-order valence-electron chi connectivity index (χ1n) is 5.35. The fourth-order valence-electron chi connectivity index (χ4n) is 1.51. The standard InChI is InChI=1S/C12H19BrN2O/c1-15(2)8-7-11(14)12(16)9-5-3-4-6-10(9)13/h3-6,11-12,16H,7-8,14H2,1-2H3. The fourth-order valence-corrected chi connectivity index (χ4v) is 2.03. The van der Waals surface area contributed by atoms with E-state index >= 15 is 0 Å². The van der Waals surface area contributed by atoms with Crippen LogP contribution in [-0.2, 0) is 0 Å². The second-order valence-corrected chi connectivity index (χ2v) is 5.08. The zero-order chi connectivity index (χ0) is 12.1. The number of aliphatic hydroxyl groups is 1. The highest BCUT2D eigenvalue weighted by atomic mass is 79.9. The summed E-state index contributed by atoms with van der Waals surface area (Å²) in [5, 5.41) is 10.1. The Morgan fingerprint density at radius 3 is 2.56 bits per heavy atom. The van der Waals surface area contributed by atoms with E-state index in [4.69, 9.17) is 5.73 Å². The van der Waals surface area contributed by atoms with E-state index in [-0.39, 0.29) is 6.04 Å². The smallest absolute Gasteiger partial charge is 0.0952 e. The lowest BCUT2D eigenvalue weighted by molar-refractivity contribution is 0.137. The molecule has 16 heavy (non-hydrogen) atoms. The quantitative estimate of drug-likeness (QED) is 0.867. The van der Waals surface area contributed by atoms with E-state index in [1.165, 1.54) is 0 Å². The van der Waals surface area contributed by atoms with Gasteiger partial charge in [0.1, 0.15) is 0 Å². The lowest BCUT2D eigenvalue weighted by Gasteiger charge is -2.21. The molecule has 0 aliphatic carbocycles. The molecule has 0 aromatic heterocycles. The van der Waals surface area contributed by atoms with Crippen LogP contribution in [-0.4, -0.2) is 36.7 Å². The molecule has 0 aliphatic heterocycles. The van der Waals surface area contributed by atoms with E-state index in [2.05, 4.69) is 20.8 Å². The zero-order valence-corrected chi connectivity index (χ0v) is 11.3. The van der Waals surface area contributed by atoms with Gasteiger partial charge in [0, 0.05) is 10.5 Å². The van der Waals surface area contributed by atoms with E-state index in [1.807, 2.05) is 38.4 Å². The molecule has 1 aromatic carbocycles. The molecule has 0 saturated heterocycles. The lowest BCUT2D eigenvalue weighted by Crippen LogP contribution is -2.32. The SMILES string of the molecule is CN(C)CCC(N)C(O)c1ccccc1Br. The Morgan fingerprint density at radius 1 is 1.38 bits per heavy atom. The minimum absolute atomic E-state index is 0.235. The Bertz CT molecular complexity index is 331. The third-order valence-corrected chi connectivity index (χ3v) is 3.26. The van der Waals surface area contributed by atoms with E-state index in [0.717, 1.165) is 23.0 Å². The monoisotopic (exact) mass is 286 g/mol. The normalized spacial score (nSPS) is 15.1. The van der Waals surface area contributed by atoms with Crippen LogP contribution in [0.3, 0.4) is 0 Å². The molecule has 1 rings (SSSR count). The molecule has 0 heterocycles. The summed E-state index contributed by atoms with van der Waals surface area (Å²) in [5.74, 6) is 0. The van der Waals surface area contributed by atoms with Crippen molar-refractivity contribution in [1.82, 2.24) is 4.90 Å². The molecule has 2 atom stereocenters. The average molecular weight is 287 g/mol. The highest BCUT2D eigenvalue weighted by Crippen LogP contribution is 2.25. The third kappa shape index (κ3) is 3.87. The van der Waals surface area contributed by atoms with E-state index in [0.29, 0.717) is 0 Å². The van der Waals surface area contributed by atoms with Gasteiger partial charge in [-0.2, -0.15) is 0 Å². The van der Waals surface area contributed by atoms with Crippen molar-refractivity contribution in [1.29, 1.82) is 0 Å². The van der Waals surface area contributed by atoms with E-state index < -0.39 is 6.10 Å². The van der Waals surface area contributed by atoms with Crippen LogP contribution in [0, 0.1) is 0 Å². The van der Waals surface area contributed by atoms with Gasteiger partial charge < -0.3 is 15.7 Å². The second kappa shape index (κ2) is 6.35. The summed E-state index contributed by atoms with van der Waals surface area (Å²) >= 11 is 3.42. The van der Waals surface area contributed by atoms with Crippen LogP contribution in [0.1, 0.15) is 18.1 Å². The molecule has 0 spiro atoms. The van der Waals surface area contributed by atoms with Gasteiger partial charge >= 0.3 is 0 Å². The number of nitrogens with zero attached hydrogens (tertiary/aromatic N) is 1. The molecule has 0 amide bonds. The number of rotatable bonds is 5. The van der Waals surface area contributed by atoms with Crippen molar-refractivity contribution in [2.45, 2.75) is 18.6 Å². The molecular formula is C12H19BrN2O. The maximum atomic E-state index is 10.1. The van der Waals surface area contributed by atoms with Crippen molar-refractivity contribution in [3.05, 3.63) is 34.3 Å². The first-order valence-corrected chi connectivity index (χ1v) is 6.14. The number of halogens is 1. The number of nitrogens with two attached hydrogens (primary N) is 1. The number of hydrogen-bond donors (Lipinski definition) is 2. The summed E-state index contributed by atoms with van der Waals surface area (Å²) in [4.78, 5) is 2.06. The van der Waals surface area contributed by atoms with Gasteiger partial charge in [-0.1, -0.05) is 34.1 Å². The van der Waals surface area contributed by atoms with Crippen LogP contribution < -0.4 is 5.73 Å². The van der Waals surface area contributed by atoms with Gasteiger partial charge in [0.2, 0.25) is 0 Å². The first kappa shape index (κ1) is 13.6. The molecule has 1 aromatic rings. The summed E-state index contributed by atoms with van der Waals surface area (Å²) in [5.41, 5.74) is 6.82. The van der Waals surface area contributed by atoms with Crippen molar-refractivity contribution in [2.24, 2.45) is 5.73 Å². The zero-order valence-electron chi connectivity index (χ0n) is 9.73. The highest BCUT2D eigenvalue weighted by Gasteiger charge is 2.18. The molecule has 2 unspecified atom stereocenters. The average Bonchev–Trinajstić information content (AvgIpc) is 2.25. The minimum Gasteiger partial charge on any atom is -0.387 e. The molecule has 0 saturated carbocycles. The van der Waals surface area contributed by atoms with Crippen molar-refractivity contribution in [3.63, 3.8) is 0 Å². The predicted molar refractivity (Wildman–Crippen MR) is 70.2 cm³/mol. The van der Waals surface area contributed by atoms with Gasteiger partial charge in [0.15, 0.2) is 0 Å².